The number of aromatic amines is 1. The molecule has 1 aliphatic heterocycles. The Morgan fingerprint density at radius 2 is 2.00 bits per heavy atom. The number of pyridine rings is 1. The number of carbonyl (C=O) groups is 1. The van der Waals surface area contributed by atoms with Crippen LogP contribution in [0.3, 0.4) is 0 Å². The third kappa shape index (κ3) is 2.57. The van der Waals surface area contributed by atoms with Crippen molar-refractivity contribution in [2.24, 2.45) is 0 Å². The summed E-state index contributed by atoms with van der Waals surface area (Å²) in [5.41, 5.74) is 1.11. The first-order valence-electron chi connectivity index (χ1n) is 7.50. The maximum atomic E-state index is 12.4. The molecule has 0 radical (unpaired) electrons. The van der Waals surface area contributed by atoms with Gasteiger partial charge in [0.2, 0.25) is 0 Å². The number of ether oxygens (including phenoxy) is 1. The van der Waals surface area contributed by atoms with Crippen LogP contribution >= 0.6 is 0 Å². The Kier molecular flexibility index (Phi) is 4.11. The Balaban J connectivity index is 2.25. The van der Waals surface area contributed by atoms with Crippen molar-refractivity contribution in [2.45, 2.75) is 6.92 Å². The molecule has 1 aliphatic rings. The van der Waals surface area contributed by atoms with Gasteiger partial charge in [0.25, 0.3) is 5.56 Å². The van der Waals surface area contributed by atoms with Crippen LogP contribution in [-0.2, 0) is 4.74 Å². The van der Waals surface area contributed by atoms with Crippen LogP contribution in [0.15, 0.2) is 29.1 Å². The monoisotopic (exact) mass is 301 g/mol. The number of piperazine rings is 1. The van der Waals surface area contributed by atoms with E-state index in [1.807, 2.05) is 24.3 Å². The van der Waals surface area contributed by atoms with E-state index in [2.05, 4.69) is 15.2 Å². The molecule has 2 N–H and O–H groups in total. The number of rotatable bonds is 3. The van der Waals surface area contributed by atoms with Crippen LogP contribution < -0.4 is 15.8 Å². The number of nitrogens with zero attached hydrogens (tertiary/aromatic N) is 1. The van der Waals surface area contributed by atoms with E-state index < -0.39 is 11.5 Å². The lowest BCUT2D eigenvalue weighted by molar-refractivity contribution is 0.0525. The van der Waals surface area contributed by atoms with Gasteiger partial charge >= 0.3 is 5.97 Å². The summed E-state index contributed by atoms with van der Waals surface area (Å²) in [5, 5.41) is 4.14. The number of esters is 1. The Morgan fingerprint density at radius 1 is 1.27 bits per heavy atom. The molecule has 1 fully saturated rings. The summed E-state index contributed by atoms with van der Waals surface area (Å²) in [7, 11) is 0. The van der Waals surface area contributed by atoms with E-state index in [1.165, 1.54) is 0 Å². The average molecular weight is 301 g/mol. The number of nitrogens with one attached hydrogen (secondary N) is 2. The molecule has 1 aromatic carbocycles. The van der Waals surface area contributed by atoms with Crippen molar-refractivity contribution in [1.82, 2.24) is 10.3 Å². The van der Waals surface area contributed by atoms with Crippen LogP contribution in [-0.4, -0.2) is 43.7 Å². The highest BCUT2D eigenvalue weighted by Crippen LogP contribution is 2.28. The van der Waals surface area contributed by atoms with Crippen molar-refractivity contribution in [3.05, 3.63) is 40.2 Å². The number of fused-ring (bicyclic) bond motifs is 1. The maximum Gasteiger partial charge on any atom is 0.345 e. The summed E-state index contributed by atoms with van der Waals surface area (Å²) in [6.07, 6.45) is 0. The van der Waals surface area contributed by atoms with Crippen LogP contribution in [0.1, 0.15) is 17.3 Å². The van der Waals surface area contributed by atoms with Crippen LogP contribution in [0.25, 0.3) is 10.9 Å². The molecule has 6 heteroatoms. The topological polar surface area (TPSA) is 74.4 Å². The van der Waals surface area contributed by atoms with Crippen molar-refractivity contribution < 1.29 is 9.53 Å². The minimum absolute atomic E-state index is 0.0995. The highest BCUT2D eigenvalue weighted by molar-refractivity contribution is 6.05. The van der Waals surface area contributed by atoms with Crippen LogP contribution in [0.2, 0.25) is 0 Å². The van der Waals surface area contributed by atoms with E-state index in [9.17, 15) is 9.59 Å². The van der Waals surface area contributed by atoms with E-state index in [0.717, 1.165) is 37.1 Å². The molecule has 22 heavy (non-hydrogen) atoms. The number of hydrogen-bond acceptors (Lipinski definition) is 5. The van der Waals surface area contributed by atoms with Crippen molar-refractivity contribution in [3.63, 3.8) is 0 Å². The highest BCUT2D eigenvalue weighted by Gasteiger charge is 2.25. The predicted molar refractivity (Wildman–Crippen MR) is 85.6 cm³/mol. The van der Waals surface area contributed by atoms with E-state index in [-0.39, 0.29) is 12.2 Å². The number of carbonyl (C=O) groups excluding carboxylic acids is 1. The van der Waals surface area contributed by atoms with Crippen LogP contribution in [0.4, 0.5) is 5.69 Å². The molecule has 0 atom stereocenters. The third-order valence-electron chi connectivity index (χ3n) is 3.81. The lowest BCUT2D eigenvalue weighted by Gasteiger charge is -2.31. The van der Waals surface area contributed by atoms with E-state index in [4.69, 9.17) is 4.74 Å². The zero-order valence-electron chi connectivity index (χ0n) is 12.5. The van der Waals surface area contributed by atoms with Crippen molar-refractivity contribution >= 4 is 22.6 Å². The Hall–Kier alpha value is -2.34. The van der Waals surface area contributed by atoms with Gasteiger partial charge in [-0.05, 0) is 13.0 Å². The summed E-state index contributed by atoms with van der Waals surface area (Å²) in [6, 6.07) is 7.54. The number of hydrogen-bond donors (Lipinski definition) is 2. The second-order valence-corrected chi connectivity index (χ2v) is 5.18. The Morgan fingerprint density at radius 3 is 2.73 bits per heavy atom. The number of benzene rings is 1. The molecule has 0 amide bonds. The smallest absolute Gasteiger partial charge is 0.345 e. The SMILES string of the molecule is CCOC(=O)c1c(N2CCNCC2)c2ccccc2[nH]c1=O. The van der Waals surface area contributed by atoms with Gasteiger partial charge in [0.15, 0.2) is 0 Å². The van der Waals surface area contributed by atoms with Gasteiger partial charge in [0, 0.05) is 31.6 Å². The molecule has 0 spiro atoms. The Labute approximate surface area is 128 Å². The first-order valence-corrected chi connectivity index (χ1v) is 7.50. The first kappa shape index (κ1) is 14.6. The van der Waals surface area contributed by atoms with Gasteiger partial charge in [-0.3, -0.25) is 4.79 Å². The molecule has 6 nitrogen and oxygen atoms in total. The Bertz CT molecular complexity index is 748. The van der Waals surface area contributed by atoms with Gasteiger partial charge < -0.3 is 19.9 Å². The standard InChI is InChI=1S/C16H19N3O3/c1-2-22-16(21)13-14(19-9-7-17-8-10-19)11-5-3-4-6-12(11)18-15(13)20/h3-6,17H,2,7-10H2,1H3,(H,18,20). The normalized spacial score (nSPS) is 15.0. The first-order chi connectivity index (χ1) is 10.7. The van der Waals surface area contributed by atoms with Gasteiger partial charge in [-0.1, -0.05) is 18.2 Å². The minimum Gasteiger partial charge on any atom is -0.462 e. The average Bonchev–Trinajstić information content (AvgIpc) is 2.54. The predicted octanol–water partition coefficient (Wildman–Crippen LogP) is 1.11. The fraction of sp³-hybridized carbons (Fsp3) is 0.375. The van der Waals surface area contributed by atoms with E-state index >= 15 is 0 Å². The number of anilines is 1. The molecule has 116 valence electrons. The molecule has 2 aromatic rings. The van der Waals surface area contributed by atoms with Crippen molar-refractivity contribution in [3.8, 4) is 0 Å². The highest BCUT2D eigenvalue weighted by atomic mass is 16.5. The molecule has 1 aromatic heterocycles. The van der Waals surface area contributed by atoms with Gasteiger partial charge in [-0.15, -0.1) is 0 Å². The molecule has 0 bridgehead atoms. The molecule has 1 saturated heterocycles. The summed E-state index contributed by atoms with van der Waals surface area (Å²) in [6.45, 7) is 5.12. The maximum absolute atomic E-state index is 12.4. The second-order valence-electron chi connectivity index (χ2n) is 5.18. The van der Waals surface area contributed by atoms with Gasteiger partial charge in [0.05, 0.1) is 17.8 Å². The molecular formula is C16H19N3O3. The van der Waals surface area contributed by atoms with Crippen LogP contribution in [0.5, 0.6) is 0 Å². The van der Waals surface area contributed by atoms with Gasteiger partial charge in [0.1, 0.15) is 5.56 Å². The number of aromatic nitrogens is 1. The molecule has 3 rings (SSSR count). The van der Waals surface area contributed by atoms with Crippen LogP contribution in [0, 0.1) is 0 Å². The lowest BCUT2D eigenvalue weighted by atomic mass is 10.1. The second kappa shape index (κ2) is 6.19. The largest absolute Gasteiger partial charge is 0.462 e. The molecule has 0 saturated carbocycles. The third-order valence-corrected chi connectivity index (χ3v) is 3.81. The molecule has 0 unspecified atom stereocenters. The minimum atomic E-state index is -0.567. The number of H-pyrrole nitrogens is 1. The summed E-state index contributed by atoms with van der Waals surface area (Å²) < 4.78 is 5.09. The quantitative estimate of drug-likeness (QED) is 0.831. The van der Waals surface area contributed by atoms with E-state index in [1.54, 1.807) is 6.92 Å². The fourth-order valence-electron chi connectivity index (χ4n) is 2.84. The van der Waals surface area contributed by atoms with Crippen molar-refractivity contribution in [1.29, 1.82) is 0 Å². The summed E-state index contributed by atoms with van der Waals surface area (Å²) in [4.78, 5) is 29.6. The summed E-state index contributed by atoms with van der Waals surface area (Å²) >= 11 is 0. The van der Waals surface area contributed by atoms with Crippen molar-refractivity contribution in [2.75, 3.05) is 37.7 Å². The lowest BCUT2D eigenvalue weighted by Crippen LogP contribution is -2.45. The zero-order chi connectivity index (χ0) is 15.5. The van der Waals surface area contributed by atoms with E-state index in [0.29, 0.717) is 5.69 Å². The fourth-order valence-corrected chi connectivity index (χ4v) is 2.84. The molecular weight excluding hydrogens is 282 g/mol. The van der Waals surface area contributed by atoms with Gasteiger partial charge in [-0.25, -0.2) is 4.79 Å². The molecule has 0 aliphatic carbocycles. The van der Waals surface area contributed by atoms with Gasteiger partial charge in [-0.2, -0.15) is 0 Å². The molecule has 2 heterocycles. The summed E-state index contributed by atoms with van der Waals surface area (Å²) in [5.74, 6) is -0.567. The number of para-hydroxylation sites is 1. The zero-order valence-corrected chi connectivity index (χ0v) is 12.5.